The van der Waals surface area contributed by atoms with Crippen LogP contribution in [-0.2, 0) is 21.0 Å². The number of nitrogens with zero attached hydrogens (tertiary/aromatic N) is 2. The van der Waals surface area contributed by atoms with Crippen LogP contribution in [0, 0.1) is 23.0 Å². The zero-order valence-electron chi connectivity index (χ0n) is 17.5. The number of sulfonamides is 1. The predicted octanol–water partition coefficient (Wildman–Crippen LogP) is 3.89. The third-order valence-corrected chi connectivity index (χ3v) is 6.19. The summed E-state index contributed by atoms with van der Waals surface area (Å²) in [5.74, 6) is -0.682. The lowest BCUT2D eigenvalue weighted by atomic mass is 10.2. The fourth-order valence-electron chi connectivity index (χ4n) is 2.73. The fraction of sp³-hybridized carbons (Fsp3) is 0.350. The molecule has 0 heterocycles. The van der Waals surface area contributed by atoms with Crippen LogP contribution in [0.1, 0.15) is 25.0 Å². The number of anilines is 1. The smallest absolute Gasteiger partial charge is 0.354 e. The number of nitrogens with one attached hydrogen (secondary N) is 1. The van der Waals surface area contributed by atoms with Gasteiger partial charge in [0, 0.05) is 18.2 Å². The summed E-state index contributed by atoms with van der Waals surface area (Å²) in [6.45, 7) is 4.46. The first-order valence-corrected chi connectivity index (χ1v) is 10.9. The van der Waals surface area contributed by atoms with Crippen molar-refractivity contribution in [2.24, 2.45) is 5.92 Å². The van der Waals surface area contributed by atoms with Crippen LogP contribution >= 0.6 is 0 Å². The minimum Gasteiger partial charge on any atom is -0.354 e. The molecular weight excluding hydrogens is 451 g/mol. The quantitative estimate of drug-likeness (QED) is 0.462. The zero-order chi connectivity index (χ0) is 24.3. The van der Waals surface area contributed by atoms with Gasteiger partial charge in [0.25, 0.3) is 15.7 Å². The van der Waals surface area contributed by atoms with E-state index >= 15 is 0 Å². The molecule has 8 nitrogen and oxygen atoms in total. The molecule has 0 aliphatic heterocycles. The maximum atomic E-state index is 13.3. The Morgan fingerprint density at radius 2 is 1.84 bits per heavy atom. The van der Waals surface area contributed by atoms with Gasteiger partial charge < -0.3 is 5.32 Å². The van der Waals surface area contributed by atoms with Gasteiger partial charge in [-0.25, -0.2) is 8.42 Å². The number of hydrogen-bond acceptors (Lipinski definition) is 5. The molecule has 32 heavy (non-hydrogen) atoms. The molecular formula is C20H22F3N3O5S. The Bertz CT molecular complexity index is 1120. The number of amides is 1. The molecule has 12 heteroatoms. The van der Waals surface area contributed by atoms with E-state index in [2.05, 4.69) is 5.32 Å². The van der Waals surface area contributed by atoms with Gasteiger partial charge in [-0.1, -0.05) is 26.0 Å². The summed E-state index contributed by atoms with van der Waals surface area (Å²) in [6, 6.07) is 6.64. The molecule has 0 unspecified atom stereocenters. The highest BCUT2D eigenvalue weighted by Crippen LogP contribution is 2.34. The van der Waals surface area contributed by atoms with E-state index in [-0.39, 0.29) is 18.0 Å². The molecule has 2 aromatic carbocycles. The number of rotatable bonds is 8. The van der Waals surface area contributed by atoms with Crippen molar-refractivity contribution >= 4 is 27.3 Å². The van der Waals surface area contributed by atoms with Gasteiger partial charge in [0.2, 0.25) is 5.91 Å². The summed E-state index contributed by atoms with van der Waals surface area (Å²) in [6.07, 6.45) is -4.74. The van der Waals surface area contributed by atoms with Crippen molar-refractivity contribution in [1.29, 1.82) is 0 Å². The lowest BCUT2D eigenvalue weighted by molar-refractivity contribution is -0.385. The summed E-state index contributed by atoms with van der Waals surface area (Å²) in [7, 11) is -4.62. The number of nitro benzene ring substituents is 1. The van der Waals surface area contributed by atoms with Crippen LogP contribution in [0.2, 0.25) is 0 Å². The summed E-state index contributed by atoms with van der Waals surface area (Å²) < 4.78 is 66.7. The summed E-state index contributed by atoms with van der Waals surface area (Å²) in [5, 5.41) is 13.7. The van der Waals surface area contributed by atoms with Crippen LogP contribution in [0.5, 0.6) is 0 Å². The van der Waals surface area contributed by atoms with Crippen molar-refractivity contribution in [3.05, 3.63) is 63.7 Å². The molecule has 1 N–H and O–H groups in total. The van der Waals surface area contributed by atoms with Crippen LogP contribution < -0.4 is 9.62 Å². The van der Waals surface area contributed by atoms with Crippen molar-refractivity contribution in [3.8, 4) is 0 Å². The van der Waals surface area contributed by atoms with E-state index in [1.165, 1.54) is 13.0 Å². The Morgan fingerprint density at radius 3 is 2.41 bits per heavy atom. The van der Waals surface area contributed by atoms with E-state index in [1.54, 1.807) is 0 Å². The van der Waals surface area contributed by atoms with E-state index in [0.717, 1.165) is 30.3 Å². The number of nitro groups is 1. The topological polar surface area (TPSA) is 110 Å². The average Bonchev–Trinajstić information content (AvgIpc) is 2.69. The molecule has 0 aliphatic carbocycles. The van der Waals surface area contributed by atoms with Crippen LogP contribution in [0.15, 0.2) is 47.4 Å². The van der Waals surface area contributed by atoms with Crippen LogP contribution in [0.25, 0.3) is 0 Å². The van der Waals surface area contributed by atoms with Gasteiger partial charge in [-0.3, -0.25) is 19.2 Å². The Balaban J connectivity index is 2.59. The van der Waals surface area contributed by atoms with Gasteiger partial charge in [-0.05, 0) is 37.1 Å². The zero-order valence-corrected chi connectivity index (χ0v) is 18.3. The number of hydrogen-bond donors (Lipinski definition) is 1. The van der Waals surface area contributed by atoms with Gasteiger partial charge in [-0.15, -0.1) is 0 Å². The fourth-order valence-corrected chi connectivity index (χ4v) is 4.16. The third-order valence-electron chi connectivity index (χ3n) is 4.42. The van der Waals surface area contributed by atoms with Crippen LogP contribution in [0.3, 0.4) is 0 Å². The normalized spacial score (nSPS) is 12.0. The van der Waals surface area contributed by atoms with Crippen molar-refractivity contribution in [1.82, 2.24) is 5.32 Å². The molecule has 0 saturated carbocycles. The van der Waals surface area contributed by atoms with Gasteiger partial charge in [0.1, 0.15) is 6.54 Å². The standard InChI is InChI=1S/C20H22F3N3O5S/c1-13(2)11-24-19(27)12-25(16-6-4-5-15(9-16)20(21,22)23)32(30,31)17-8-7-14(3)18(10-17)26(28)29/h4-10,13H,11-12H2,1-3H3,(H,24,27). The number of carbonyl (C=O) groups is 1. The first kappa shape index (κ1) is 25.1. The Morgan fingerprint density at radius 1 is 1.19 bits per heavy atom. The second kappa shape index (κ2) is 9.55. The molecule has 0 radical (unpaired) electrons. The second-order valence-corrected chi connectivity index (χ2v) is 9.33. The Hall–Kier alpha value is -3.15. The van der Waals surface area contributed by atoms with Crippen LogP contribution in [-0.4, -0.2) is 32.3 Å². The molecule has 2 rings (SSSR count). The SMILES string of the molecule is Cc1ccc(S(=O)(=O)N(CC(=O)NCC(C)C)c2cccc(C(F)(F)F)c2)cc1[N+](=O)[O-]. The molecule has 0 aliphatic rings. The summed E-state index contributed by atoms with van der Waals surface area (Å²) in [5.41, 5.74) is -1.77. The number of alkyl halides is 3. The first-order valence-electron chi connectivity index (χ1n) is 9.45. The molecule has 0 aromatic heterocycles. The Kier molecular flexibility index (Phi) is 7.50. The molecule has 0 saturated heterocycles. The lowest BCUT2D eigenvalue weighted by Gasteiger charge is -2.25. The first-order chi connectivity index (χ1) is 14.7. The van der Waals surface area contributed by atoms with E-state index in [1.807, 2.05) is 13.8 Å². The molecule has 0 spiro atoms. The highest BCUT2D eigenvalue weighted by Gasteiger charge is 2.34. The number of halogens is 3. The highest BCUT2D eigenvalue weighted by atomic mass is 32.2. The summed E-state index contributed by atoms with van der Waals surface area (Å²) in [4.78, 5) is 22.3. The van der Waals surface area contributed by atoms with E-state index in [9.17, 15) is 36.5 Å². The molecule has 0 fully saturated rings. The lowest BCUT2D eigenvalue weighted by Crippen LogP contribution is -2.41. The monoisotopic (exact) mass is 473 g/mol. The van der Waals surface area contributed by atoms with E-state index in [4.69, 9.17) is 0 Å². The third kappa shape index (κ3) is 5.96. The minimum absolute atomic E-state index is 0.0531. The van der Waals surface area contributed by atoms with Crippen molar-refractivity contribution in [2.45, 2.75) is 31.8 Å². The van der Waals surface area contributed by atoms with Gasteiger partial charge in [0.05, 0.1) is 21.1 Å². The molecule has 0 atom stereocenters. The highest BCUT2D eigenvalue weighted by molar-refractivity contribution is 7.92. The summed E-state index contributed by atoms with van der Waals surface area (Å²) >= 11 is 0. The molecule has 2 aromatic rings. The van der Waals surface area contributed by atoms with E-state index < -0.39 is 55.4 Å². The van der Waals surface area contributed by atoms with Crippen molar-refractivity contribution < 1.29 is 31.3 Å². The number of carbonyl (C=O) groups excluding carboxylic acids is 1. The molecule has 1 amide bonds. The average molecular weight is 473 g/mol. The van der Waals surface area contributed by atoms with E-state index in [0.29, 0.717) is 10.4 Å². The van der Waals surface area contributed by atoms with Crippen LogP contribution in [0.4, 0.5) is 24.5 Å². The van der Waals surface area contributed by atoms with Gasteiger partial charge >= 0.3 is 6.18 Å². The van der Waals surface area contributed by atoms with Gasteiger partial charge in [0.15, 0.2) is 0 Å². The van der Waals surface area contributed by atoms with Crippen molar-refractivity contribution in [2.75, 3.05) is 17.4 Å². The molecule has 0 bridgehead atoms. The second-order valence-electron chi connectivity index (χ2n) is 7.46. The maximum Gasteiger partial charge on any atom is 0.416 e. The minimum atomic E-state index is -4.74. The Labute approximate surface area is 183 Å². The van der Waals surface area contributed by atoms with Crippen molar-refractivity contribution in [3.63, 3.8) is 0 Å². The largest absolute Gasteiger partial charge is 0.416 e. The number of benzene rings is 2. The maximum absolute atomic E-state index is 13.3. The van der Waals surface area contributed by atoms with Gasteiger partial charge in [-0.2, -0.15) is 13.2 Å². The molecule has 174 valence electrons. The number of aryl methyl sites for hydroxylation is 1. The predicted molar refractivity (Wildman–Crippen MR) is 112 cm³/mol.